The Kier molecular flexibility index (Phi) is 7.33. The summed E-state index contributed by atoms with van der Waals surface area (Å²) < 4.78 is 7.20. The Morgan fingerprint density at radius 2 is 1.19 bits per heavy atom. The summed E-state index contributed by atoms with van der Waals surface area (Å²) >= 11 is -3.30. The molecule has 0 saturated carbocycles. The zero-order chi connectivity index (χ0) is 15.0. The minimum atomic E-state index is -3.30. The van der Waals surface area contributed by atoms with Gasteiger partial charge in [0.25, 0.3) is 0 Å². The Hall–Kier alpha value is -0.261. The van der Waals surface area contributed by atoms with Gasteiger partial charge in [-0.25, -0.2) is 0 Å². The second-order valence-corrected chi connectivity index (χ2v) is 20.1. The Morgan fingerprint density at radius 1 is 0.762 bits per heavy atom. The fourth-order valence-corrected chi connectivity index (χ4v) is 9.80. The Bertz CT molecular complexity index is 465. The van der Waals surface area contributed by atoms with Gasteiger partial charge in [-0.3, -0.25) is 0 Å². The molecule has 21 heavy (non-hydrogen) atoms. The van der Waals surface area contributed by atoms with E-state index in [1.54, 1.807) is 0 Å². The fraction of sp³-hybridized carbons (Fsp3) is 0.250. The second-order valence-electron chi connectivity index (χ2n) is 4.67. The first kappa shape index (κ1) is 17.1. The van der Waals surface area contributed by atoms with Crippen LogP contribution in [-0.2, 0) is 4.74 Å². The van der Waals surface area contributed by atoms with Gasteiger partial charge in [-0.05, 0) is 0 Å². The van der Waals surface area contributed by atoms with E-state index in [2.05, 4.69) is 5.32 Å². The van der Waals surface area contributed by atoms with Crippen molar-refractivity contribution in [1.29, 1.82) is 0 Å². The van der Waals surface area contributed by atoms with Gasteiger partial charge in [-0.2, -0.15) is 0 Å². The number of benzene rings is 2. The standard InChI is InChI=1S/2C6H5.C4H9NO.2ClH.Sn/c2*1-2-4-6-5-3-1;1-3-6-4-2-5-1;;;/h2*1-5H;5H,1-4H2;2*1H;/q;;;;;+2/p-2. The van der Waals surface area contributed by atoms with Crippen LogP contribution in [0.4, 0.5) is 0 Å². The van der Waals surface area contributed by atoms with E-state index in [0.717, 1.165) is 33.5 Å². The first-order valence-corrected chi connectivity index (χ1v) is 17.1. The number of morpholine rings is 1. The number of rotatable bonds is 2. The average molecular weight is 431 g/mol. The topological polar surface area (TPSA) is 21.3 Å². The summed E-state index contributed by atoms with van der Waals surface area (Å²) in [5.74, 6) is 0. The summed E-state index contributed by atoms with van der Waals surface area (Å²) in [5.41, 5.74) is 0. The van der Waals surface area contributed by atoms with E-state index in [0.29, 0.717) is 0 Å². The van der Waals surface area contributed by atoms with Crippen molar-refractivity contribution in [2.24, 2.45) is 0 Å². The molecule has 1 fully saturated rings. The molecule has 0 aromatic heterocycles. The second kappa shape index (κ2) is 9.01. The summed E-state index contributed by atoms with van der Waals surface area (Å²) in [5, 5.41) is 3.16. The van der Waals surface area contributed by atoms with Crippen LogP contribution in [-0.4, -0.2) is 42.4 Å². The van der Waals surface area contributed by atoms with Gasteiger partial charge in [0.1, 0.15) is 0 Å². The summed E-state index contributed by atoms with van der Waals surface area (Å²) in [7, 11) is 13.1. The molecule has 0 aliphatic carbocycles. The fourth-order valence-electron chi connectivity index (χ4n) is 1.98. The van der Waals surface area contributed by atoms with Crippen LogP contribution in [0.2, 0.25) is 0 Å². The molecule has 0 unspecified atom stereocenters. The van der Waals surface area contributed by atoms with E-state index in [9.17, 15) is 0 Å². The quantitative estimate of drug-likeness (QED) is 0.738. The molecule has 1 N–H and O–H groups in total. The number of ether oxygens (including phenoxy) is 1. The third-order valence-corrected chi connectivity index (χ3v) is 15.0. The molecule has 0 amide bonds. The first-order valence-electron chi connectivity index (χ1n) is 6.98. The van der Waals surface area contributed by atoms with Gasteiger partial charge in [0.05, 0.1) is 13.2 Å². The first-order chi connectivity index (χ1) is 10.2. The van der Waals surface area contributed by atoms with Crippen molar-refractivity contribution in [1.82, 2.24) is 5.32 Å². The van der Waals surface area contributed by atoms with Crippen molar-refractivity contribution in [3.8, 4) is 0 Å². The van der Waals surface area contributed by atoms with Crippen molar-refractivity contribution in [3.63, 3.8) is 0 Å². The van der Waals surface area contributed by atoms with E-state index in [1.807, 2.05) is 60.7 Å². The van der Waals surface area contributed by atoms with Gasteiger partial charge in [-0.15, -0.1) is 0 Å². The van der Waals surface area contributed by atoms with Crippen LogP contribution in [0.25, 0.3) is 0 Å². The van der Waals surface area contributed by atoms with Crippen molar-refractivity contribution in [2.45, 2.75) is 0 Å². The molecule has 2 aromatic rings. The van der Waals surface area contributed by atoms with E-state index in [4.69, 9.17) is 22.6 Å². The molecule has 1 aliphatic heterocycles. The summed E-state index contributed by atoms with van der Waals surface area (Å²) in [4.78, 5) is 0. The molecule has 0 bridgehead atoms. The summed E-state index contributed by atoms with van der Waals surface area (Å²) in [6, 6.07) is 19.9. The SMILES string of the molecule is C1COCCN1.[Cl][Sn]([Cl])([c]1ccccc1)[c]1ccccc1. The van der Waals surface area contributed by atoms with Gasteiger partial charge in [0, 0.05) is 13.1 Å². The molecule has 1 saturated heterocycles. The normalized spacial score (nSPS) is 15.0. The molecule has 5 heteroatoms. The van der Waals surface area contributed by atoms with Crippen LogP contribution < -0.4 is 12.5 Å². The van der Waals surface area contributed by atoms with Gasteiger partial charge in [-0.1, -0.05) is 0 Å². The molecule has 2 aromatic carbocycles. The number of hydrogen-bond acceptors (Lipinski definition) is 2. The third-order valence-electron chi connectivity index (χ3n) is 3.12. The zero-order valence-electron chi connectivity index (χ0n) is 11.8. The zero-order valence-corrected chi connectivity index (χ0v) is 16.1. The third kappa shape index (κ3) is 5.46. The van der Waals surface area contributed by atoms with Crippen LogP contribution in [0.15, 0.2) is 60.7 Å². The molecule has 0 atom stereocenters. The molecule has 0 spiro atoms. The number of hydrogen-bond donors (Lipinski definition) is 1. The number of halogens is 2. The van der Waals surface area contributed by atoms with Gasteiger partial charge in [0.2, 0.25) is 0 Å². The minimum absolute atomic E-state index is 0.889. The molecule has 1 aliphatic rings. The predicted molar refractivity (Wildman–Crippen MR) is 93.3 cm³/mol. The molecule has 1 heterocycles. The number of nitrogens with one attached hydrogen (secondary N) is 1. The van der Waals surface area contributed by atoms with Gasteiger partial charge in [0.15, 0.2) is 0 Å². The maximum absolute atomic E-state index is 6.56. The van der Waals surface area contributed by atoms with Crippen LogP contribution in [0.1, 0.15) is 0 Å². The predicted octanol–water partition coefficient (Wildman–Crippen LogP) is 2.33. The van der Waals surface area contributed by atoms with Crippen LogP contribution in [0.3, 0.4) is 0 Å². The van der Waals surface area contributed by atoms with Crippen LogP contribution >= 0.6 is 17.8 Å². The van der Waals surface area contributed by atoms with Crippen molar-refractivity contribution in [3.05, 3.63) is 60.7 Å². The van der Waals surface area contributed by atoms with E-state index < -0.39 is 16.1 Å². The monoisotopic (exact) mass is 431 g/mol. The maximum atomic E-state index is 6.56. The molecule has 3 rings (SSSR count). The van der Waals surface area contributed by atoms with E-state index in [1.165, 1.54) is 0 Å². The van der Waals surface area contributed by atoms with Crippen LogP contribution in [0, 0.1) is 0 Å². The average Bonchev–Trinajstić information content (AvgIpc) is 2.59. The molecular formula is C16H19Cl2NOSn. The van der Waals surface area contributed by atoms with Crippen molar-refractivity contribution in [2.75, 3.05) is 26.3 Å². The Morgan fingerprint density at radius 3 is 1.48 bits per heavy atom. The summed E-state index contributed by atoms with van der Waals surface area (Å²) in [6.07, 6.45) is 0. The van der Waals surface area contributed by atoms with E-state index in [-0.39, 0.29) is 0 Å². The van der Waals surface area contributed by atoms with E-state index >= 15 is 0 Å². The van der Waals surface area contributed by atoms with Crippen LogP contribution in [0.5, 0.6) is 0 Å². The molecule has 112 valence electrons. The van der Waals surface area contributed by atoms with Crippen molar-refractivity contribution < 1.29 is 4.74 Å². The molecule has 0 radical (unpaired) electrons. The molecule has 2 nitrogen and oxygen atoms in total. The Labute approximate surface area is 137 Å². The van der Waals surface area contributed by atoms with Crippen molar-refractivity contribution >= 4 is 41.1 Å². The molecular weight excluding hydrogens is 412 g/mol. The van der Waals surface area contributed by atoms with Gasteiger partial charge >= 0.3 is 102 Å². The van der Waals surface area contributed by atoms with Gasteiger partial charge < -0.3 is 10.1 Å². The Balaban J connectivity index is 0.000000225. The summed E-state index contributed by atoms with van der Waals surface area (Å²) in [6.45, 7) is 3.83.